The van der Waals surface area contributed by atoms with E-state index in [1.54, 1.807) is 11.8 Å². The number of anilines is 1. The number of carbonyl (C=O) groups is 1. The Labute approximate surface area is 177 Å². The van der Waals surface area contributed by atoms with Crippen molar-refractivity contribution in [2.45, 2.75) is 24.1 Å². The number of alkyl halides is 3. The molecule has 1 aliphatic rings. The predicted octanol–water partition coefficient (Wildman–Crippen LogP) is 3.13. The van der Waals surface area contributed by atoms with E-state index < -0.39 is 27.9 Å². The van der Waals surface area contributed by atoms with Crippen LogP contribution in [0.25, 0.3) is 0 Å². The number of nitrogens with one attached hydrogen (secondary N) is 1. The number of rotatable bonds is 6. The van der Waals surface area contributed by atoms with Gasteiger partial charge in [0, 0.05) is 18.8 Å². The Bertz CT molecular complexity index is 1000. The molecule has 1 atom stereocenters. The van der Waals surface area contributed by atoms with Gasteiger partial charge in [-0.2, -0.15) is 13.2 Å². The second-order valence-corrected chi connectivity index (χ2v) is 8.53. The van der Waals surface area contributed by atoms with E-state index in [-0.39, 0.29) is 16.5 Å². The zero-order valence-corrected chi connectivity index (χ0v) is 17.4. The molecular formula is C20H21F3N2O5S. The van der Waals surface area contributed by atoms with Gasteiger partial charge in [0.15, 0.2) is 6.10 Å². The van der Waals surface area contributed by atoms with E-state index in [0.717, 1.165) is 24.3 Å². The SMILES string of the molecule is C[C@@H](Oc1ccc(S(=O)(=O)Nc2ccc(C(F)(F)F)cc2)cc1)C(=O)N1CCOCC1. The molecule has 2 aromatic carbocycles. The van der Waals surface area contributed by atoms with Gasteiger partial charge in [-0.3, -0.25) is 9.52 Å². The summed E-state index contributed by atoms with van der Waals surface area (Å²) in [5, 5.41) is 0. The van der Waals surface area contributed by atoms with Crippen molar-refractivity contribution in [3.63, 3.8) is 0 Å². The third-order valence-corrected chi connectivity index (χ3v) is 5.98. The Hall–Kier alpha value is -2.79. The summed E-state index contributed by atoms with van der Waals surface area (Å²) in [6.45, 7) is 3.52. The summed E-state index contributed by atoms with van der Waals surface area (Å²) in [5.41, 5.74) is -0.879. The van der Waals surface area contributed by atoms with Crippen molar-refractivity contribution in [1.29, 1.82) is 0 Å². The molecule has 1 aliphatic heterocycles. The van der Waals surface area contributed by atoms with Crippen LogP contribution < -0.4 is 9.46 Å². The number of hydrogen-bond acceptors (Lipinski definition) is 5. The first-order valence-corrected chi connectivity index (χ1v) is 10.9. The van der Waals surface area contributed by atoms with Crippen molar-refractivity contribution in [3.8, 4) is 5.75 Å². The Morgan fingerprint density at radius 2 is 1.65 bits per heavy atom. The zero-order valence-electron chi connectivity index (χ0n) is 16.6. The second kappa shape index (κ2) is 9.15. The molecular weight excluding hydrogens is 437 g/mol. The van der Waals surface area contributed by atoms with E-state index in [0.29, 0.717) is 32.1 Å². The van der Waals surface area contributed by atoms with Crippen LogP contribution in [0.1, 0.15) is 12.5 Å². The molecule has 0 unspecified atom stereocenters. The highest BCUT2D eigenvalue weighted by Crippen LogP contribution is 2.30. The summed E-state index contributed by atoms with van der Waals surface area (Å²) < 4.78 is 75.9. The van der Waals surface area contributed by atoms with Gasteiger partial charge in [-0.1, -0.05) is 0 Å². The third kappa shape index (κ3) is 5.88. The highest BCUT2D eigenvalue weighted by molar-refractivity contribution is 7.92. The topological polar surface area (TPSA) is 84.9 Å². The summed E-state index contributed by atoms with van der Waals surface area (Å²) in [6, 6.07) is 9.05. The average molecular weight is 458 g/mol. The van der Waals surface area contributed by atoms with Gasteiger partial charge in [0.05, 0.1) is 23.7 Å². The van der Waals surface area contributed by atoms with Crippen molar-refractivity contribution < 1.29 is 35.9 Å². The molecule has 1 N–H and O–H groups in total. The van der Waals surface area contributed by atoms with Gasteiger partial charge in [-0.05, 0) is 55.5 Å². The van der Waals surface area contributed by atoms with Crippen molar-refractivity contribution in [2.75, 3.05) is 31.0 Å². The molecule has 0 aliphatic carbocycles. The molecule has 1 heterocycles. The molecule has 11 heteroatoms. The minimum Gasteiger partial charge on any atom is -0.481 e. The number of amides is 1. The molecule has 31 heavy (non-hydrogen) atoms. The fourth-order valence-corrected chi connectivity index (χ4v) is 3.99. The average Bonchev–Trinajstić information content (AvgIpc) is 2.73. The highest BCUT2D eigenvalue weighted by atomic mass is 32.2. The lowest BCUT2D eigenvalue weighted by molar-refractivity contribution is -0.142. The van der Waals surface area contributed by atoms with Gasteiger partial charge in [0.1, 0.15) is 5.75 Å². The van der Waals surface area contributed by atoms with Crippen molar-refractivity contribution >= 4 is 21.6 Å². The van der Waals surface area contributed by atoms with Crippen molar-refractivity contribution in [2.24, 2.45) is 0 Å². The Balaban J connectivity index is 1.63. The van der Waals surface area contributed by atoms with E-state index >= 15 is 0 Å². The van der Waals surface area contributed by atoms with E-state index in [4.69, 9.17) is 9.47 Å². The van der Waals surface area contributed by atoms with Crippen LogP contribution in [-0.2, 0) is 25.7 Å². The van der Waals surface area contributed by atoms with Crippen LogP contribution >= 0.6 is 0 Å². The molecule has 0 aromatic heterocycles. The molecule has 0 bridgehead atoms. The summed E-state index contributed by atoms with van der Waals surface area (Å²) in [5.74, 6) is 0.117. The maximum Gasteiger partial charge on any atom is 0.416 e. The lowest BCUT2D eigenvalue weighted by atomic mass is 10.2. The fourth-order valence-electron chi connectivity index (χ4n) is 2.93. The van der Waals surface area contributed by atoms with Gasteiger partial charge in [-0.15, -0.1) is 0 Å². The van der Waals surface area contributed by atoms with Crippen LogP contribution in [-0.4, -0.2) is 51.6 Å². The number of benzene rings is 2. The molecule has 168 valence electrons. The van der Waals surface area contributed by atoms with Crippen LogP contribution in [0.4, 0.5) is 18.9 Å². The first-order valence-electron chi connectivity index (χ1n) is 9.39. The van der Waals surface area contributed by atoms with Crippen molar-refractivity contribution in [1.82, 2.24) is 4.90 Å². The van der Waals surface area contributed by atoms with Gasteiger partial charge in [0.25, 0.3) is 15.9 Å². The number of morpholine rings is 1. The lowest BCUT2D eigenvalue weighted by Crippen LogP contribution is -2.46. The molecule has 0 spiro atoms. The van der Waals surface area contributed by atoms with Crippen molar-refractivity contribution in [3.05, 3.63) is 54.1 Å². The number of hydrogen-bond donors (Lipinski definition) is 1. The van der Waals surface area contributed by atoms with Gasteiger partial charge in [0.2, 0.25) is 0 Å². The first-order chi connectivity index (χ1) is 14.6. The quantitative estimate of drug-likeness (QED) is 0.719. The van der Waals surface area contributed by atoms with Gasteiger partial charge >= 0.3 is 6.18 Å². The van der Waals surface area contributed by atoms with Crippen LogP contribution in [0, 0.1) is 0 Å². The molecule has 3 rings (SSSR count). The molecule has 0 saturated carbocycles. The molecule has 1 amide bonds. The molecule has 1 fully saturated rings. The number of nitrogens with zero attached hydrogens (tertiary/aromatic N) is 1. The number of ether oxygens (including phenoxy) is 2. The fraction of sp³-hybridized carbons (Fsp3) is 0.350. The van der Waals surface area contributed by atoms with E-state index in [1.165, 1.54) is 24.3 Å². The number of sulfonamides is 1. The Morgan fingerprint density at radius 1 is 1.06 bits per heavy atom. The Kier molecular flexibility index (Phi) is 6.75. The monoisotopic (exact) mass is 458 g/mol. The highest BCUT2D eigenvalue weighted by Gasteiger charge is 2.30. The predicted molar refractivity (Wildman–Crippen MR) is 106 cm³/mol. The zero-order chi connectivity index (χ0) is 22.6. The largest absolute Gasteiger partial charge is 0.481 e. The molecule has 0 radical (unpaired) electrons. The van der Waals surface area contributed by atoms with Crippen LogP contribution in [0.2, 0.25) is 0 Å². The number of carbonyl (C=O) groups excluding carboxylic acids is 1. The van der Waals surface area contributed by atoms with E-state index in [2.05, 4.69) is 4.72 Å². The number of halogens is 3. The third-order valence-electron chi connectivity index (χ3n) is 4.58. The van der Waals surface area contributed by atoms with Crippen LogP contribution in [0.3, 0.4) is 0 Å². The maximum absolute atomic E-state index is 12.6. The first kappa shape index (κ1) is 22.9. The molecule has 7 nitrogen and oxygen atoms in total. The van der Waals surface area contributed by atoms with Gasteiger partial charge < -0.3 is 14.4 Å². The maximum atomic E-state index is 12.6. The minimum absolute atomic E-state index is 0.00180. The summed E-state index contributed by atoms with van der Waals surface area (Å²) in [6.07, 6.45) is -5.26. The van der Waals surface area contributed by atoms with Crippen LogP contribution in [0.15, 0.2) is 53.4 Å². The van der Waals surface area contributed by atoms with E-state index in [9.17, 15) is 26.4 Å². The van der Waals surface area contributed by atoms with E-state index in [1.807, 2.05) is 0 Å². The molecule has 1 saturated heterocycles. The normalized spacial score (nSPS) is 15.9. The summed E-state index contributed by atoms with van der Waals surface area (Å²) >= 11 is 0. The lowest BCUT2D eigenvalue weighted by Gasteiger charge is -2.29. The minimum atomic E-state index is -4.51. The standard InChI is InChI=1S/C20H21F3N2O5S/c1-14(19(26)25-10-12-29-13-11-25)30-17-6-8-18(9-7-17)31(27,28)24-16-4-2-15(3-5-16)20(21,22)23/h2-9,14,24H,10-13H2,1H3/t14-/m1/s1. The Morgan fingerprint density at radius 3 is 2.19 bits per heavy atom. The summed E-state index contributed by atoms with van der Waals surface area (Å²) in [4.78, 5) is 13.9. The summed E-state index contributed by atoms with van der Waals surface area (Å²) in [7, 11) is -4.02. The smallest absolute Gasteiger partial charge is 0.416 e. The second-order valence-electron chi connectivity index (χ2n) is 6.85. The van der Waals surface area contributed by atoms with Gasteiger partial charge in [-0.25, -0.2) is 8.42 Å². The molecule has 2 aromatic rings. The van der Waals surface area contributed by atoms with Crippen LogP contribution in [0.5, 0.6) is 5.75 Å².